The summed E-state index contributed by atoms with van der Waals surface area (Å²) < 4.78 is 2.16. The Balaban J connectivity index is 1.61. The smallest absolute Gasteiger partial charge is 0.0861 e. The summed E-state index contributed by atoms with van der Waals surface area (Å²) in [5.41, 5.74) is 17.4. The standard InChI is InChI=1S/C42H51Br2NSi/c1-8-9-13-39(41-27-33-12-10-11-14-40(33)42(41)28-46(29(2)3,30(4)5)31(6)7)32-15-21-36(22-16-32)45(37-23-17-34(43)18-24-37)38-25-19-35(44)20-26-38/h13,15-31H,8-12,14H2,1-7H3/b39-13+,42-28+. The van der Waals surface area contributed by atoms with Gasteiger partial charge >= 0.3 is 0 Å². The minimum absolute atomic E-state index is 0.694. The number of rotatable bonds is 11. The van der Waals surface area contributed by atoms with Gasteiger partial charge in [0.05, 0.1) is 8.07 Å². The summed E-state index contributed by atoms with van der Waals surface area (Å²) >= 11 is 7.24. The van der Waals surface area contributed by atoms with Crippen molar-refractivity contribution in [2.24, 2.45) is 0 Å². The summed E-state index contributed by atoms with van der Waals surface area (Å²) in [6.45, 7) is 17.3. The molecule has 0 heterocycles. The van der Waals surface area contributed by atoms with Crippen LogP contribution >= 0.6 is 31.9 Å². The molecule has 0 atom stereocenters. The lowest BCUT2D eigenvalue weighted by Crippen LogP contribution is -2.43. The van der Waals surface area contributed by atoms with Gasteiger partial charge in [0.15, 0.2) is 0 Å². The van der Waals surface area contributed by atoms with E-state index < -0.39 is 8.07 Å². The van der Waals surface area contributed by atoms with Gasteiger partial charge in [0.1, 0.15) is 0 Å². The maximum absolute atomic E-state index is 3.62. The van der Waals surface area contributed by atoms with Gasteiger partial charge in [-0.2, -0.15) is 0 Å². The SMILES string of the molecule is CCC/C=C(/C1=CC2=C(CCCC2)/C1=C\[Si](C(C)C)(C(C)C)C(C)C)c1ccc(N(c2ccc(Br)cc2)c2ccc(Br)cc2)cc1. The minimum Gasteiger partial charge on any atom is -0.311 e. The fraction of sp³-hybridized carbons (Fsp3) is 0.381. The average molecular weight is 758 g/mol. The van der Waals surface area contributed by atoms with E-state index in [-0.39, 0.29) is 0 Å². The van der Waals surface area contributed by atoms with Crippen LogP contribution in [0.1, 0.15) is 92.6 Å². The molecule has 242 valence electrons. The van der Waals surface area contributed by atoms with Crippen LogP contribution in [0.25, 0.3) is 5.57 Å². The molecule has 0 aliphatic heterocycles. The van der Waals surface area contributed by atoms with Crippen molar-refractivity contribution in [3.63, 3.8) is 0 Å². The number of hydrogen-bond acceptors (Lipinski definition) is 1. The summed E-state index contributed by atoms with van der Waals surface area (Å²) in [7, 11) is -1.77. The Labute approximate surface area is 296 Å². The molecule has 0 bridgehead atoms. The summed E-state index contributed by atoms with van der Waals surface area (Å²) in [5.74, 6) is 0. The molecular weight excluding hydrogens is 706 g/mol. The molecule has 0 spiro atoms. The molecule has 1 nitrogen and oxygen atoms in total. The fourth-order valence-electron chi connectivity index (χ4n) is 8.04. The molecule has 0 saturated carbocycles. The highest BCUT2D eigenvalue weighted by Gasteiger charge is 2.42. The first-order valence-electron chi connectivity index (χ1n) is 17.4. The number of benzene rings is 3. The van der Waals surface area contributed by atoms with Crippen LogP contribution in [0, 0.1) is 0 Å². The van der Waals surface area contributed by atoms with Crippen LogP contribution in [0.3, 0.4) is 0 Å². The number of hydrogen-bond donors (Lipinski definition) is 0. The van der Waals surface area contributed by atoms with Crippen LogP contribution in [0.5, 0.6) is 0 Å². The van der Waals surface area contributed by atoms with Gasteiger partial charge < -0.3 is 4.90 Å². The number of halogens is 2. The van der Waals surface area contributed by atoms with E-state index in [9.17, 15) is 0 Å². The fourth-order valence-corrected chi connectivity index (χ4v) is 14.4. The highest BCUT2D eigenvalue weighted by atomic mass is 79.9. The first kappa shape index (κ1) is 34.9. The van der Waals surface area contributed by atoms with E-state index in [0.29, 0.717) is 16.6 Å². The molecule has 2 aliphatic rings. The Bertz CT molecular complexity index is 1550. The van der Waals surface area contributed by atoms with Gasteiger partial charge in [-0.05, 0) is 143 Å². The molecule has 0 unspecified atom stereocenters. The molecule has 5 rings (SSSR count). The van der Waals surface area contributed by atoms with Crippen LogP contribution in [0.4, 0.5) is 17.1 Å². The summed E-state index contributed by atoms with van der Waals surface area (Å²) in [5, 5.41) is 0. The van der Waals surface area contributed by atoms with Gasteiger partial charge in [-0.15, -0.1) is 0 Å². The first-order chi connectivity index (χ1) is 22.1. The van der Waals surface area contributed by atoms with E-state index in [1.807, 2.05) is 0 Å². The lowest BCUT2D eigenvalue weighted by Gasteiger charge is -2.41. The maximum atomic E-state index is 3.62. The Morgan fingerprint density at radius 1 is 0.717 bits per heavy atom. The van der Waals surface area contributed by atoms with E-state index in [0.717, 1.165) is 38.8 Å². The molecule has 3 aromatic rings. The topological polar surface area (TPSA) is 3.24 Å². The minimum atomic E-state index is -1.77. The molecule has 2 aliphatic carbocycles. The van der Waals surface area contributed by atoms with Gasteiger partial charge in [0.25, 0.3) is 0 Å². The molecule has 0 saturated heterocycles. The third kappa shape index (κ3) is 7.20. The van der Waals surface area contributed by atoms with Crippen molar-refractivity contribution in [2.75, 3.05) is 4.90 Å². The van der Waals surface area contributed by atoms with E-state index in [1.54, 1.807) is 16.7 Å². The molecule has 46 heavy (non-hydrogen) atoms. The zero-order valence-electron chi connectivity index (χ0n) is 28.8. The van der Waals surface area contributed by atoms with Gasteiger partial charge in [-0.3, -0.25) is 0 Å². The zero-order chi connectivity index (χ0) is 33.0. The second-order valence-electron chi connectivity index (χ2n) is 14.0. The second-order valence-corrected chi connectivity index (χ2v) is 21.6. The van der Waals surface area contributed by atoms with Crippen molar-refractivity contribution in [3.05, 3.63) is 127 Å². The highest BCUT2D eigenvalue weighted by molar-refractivity contribution is 9.10. The number of allylic oxidation sites excluding steroid dienone is 7. The van der Waals surface area contributed by atoms with Crippen LogP contribution in [0.15, 0.2) is 122 Å². The average Bonchev–Trinajstić information content (AvgIpc) is 3.39. The normalized spacial score (nSPS) is 16.6. The van der Waals surface area contributed by atoms with Gasteiger partial charge in [-0.1, -0.05) is 117 Å². The zero-order valence-corrected chi connectivity index (χ0v) is 33.0. The highest BCUT2D eigenvalue weighted by Crippen LogP contribution is 2.50. The molecule has 0 radical (unpaired) electrons. The monoisotopic (exact) mass is 755 g/mol. The van der Waals surface area contributed by atoms with Crippen molar-refractivity contribution in [1.29, 1.82) is 0 Å². The molecule has 0 aromatic heterocycles. The third-order valence-corrected chi connectivity index (χ3v) is 18.2. The Morgan fingerprint density at radius 2 is 1.20 bits per heavy atom. The third-order valence-electron chi connectivity index (χ3n) is 10.4. The van der Waals surface area contributed by atoms with E-state index >= 15 is 0 Å². The van der Waals surface area contributed by atoms with Crippen LogP contribution in [-0.4, -0.2) is 8.07 Å². The summed E-state index contributed by atoms with van der Waals surface area (Å²) in [6, 6.07) is 26.5. The van der Waals surface area contributed by atoms with E-state index in [4.69, 9.17) is 0 Å². The number of unbranched alkanes of at least 4 members (excludes halogenated alkanes) is 1. The van der Waals surface area contributed by atoms with Crippen LogP contribution < -0.4 is 4.90 Å². The van der Waals surface area contributed by atoms with Crippen molar-refractivity contribution in [1.82, 2.24) is 0 Å². The predicted molar refractivity (Wildman–Crippen MR) is 212 cm³/mol. The van der Waals surface area contributed by atoms with Crippen LogP contribution in [0.2, 0.25) is 16.6 Å². The van der Waals surface area contributed by atoms with Crippen molar-refractivity contribution >= 4 is 62.6 Å². The van der Waals surface area contributed by atoms with Gasteiger partial charge in [0, 0.05) is 26.0 Å². The van der Waals surface area contributed by atoms with Crippen LogP contribution in [-0.2, 0) is 0 Å². The lowest BCUT2D eigenvalue weighted by atomic mass is 9.88. The molecular formula is C42H51Br2NSi. The number of anilines is 3. The molecule has 0 amide bonds. The van der Waals surface area contributed by atoms with Gasteiger partial charge in [0.2, 0.25) is 0 Å². The van der Waals surface area contributed by atoms with Crippen molar-refractivity contribution in [3.8, 4) is 0 Å². The largest absolute Gasteiger partial charge is 0.311 e. The summed E-state index contributed by atoms with van der Waals surface area (Å²) in [6.07, 6.45) is 12.4. The second kappa shape index (κ2) is 15.2. The van der Waals surface area contributed by atoms with Crippen molar-refractivity contribution < 1.29 is 0 Å². The molecule has 3 aromatic carbocycles. The lowest BCUT2D eigenvalue weighted by molar-refractivity contribution is 0.694. The Morgan fingerprint density at radius 3 is 1.67 bits per heavy atom. The molecule has 0 N–H and O–H groups in total. The molecule has 4 heteroatoms. The maximum Gasteiger partial charge on any atom is 0.0861 e. The predicted octanol–water partition coefficient (Wildman–Crippen LogP) is 14.8. The Hall–Kier alpha value is -2.40. The Kier molecular flexibility index (Phi) is 11.6. The number of nitrogens with zero attached hydrogens (tertiary/aromatic N) is 1. The van der Waals surface area contributed by atoms with Gasteiger partial charge in [-0.25, -0.2) is 0 Å². The van der Waals surface area contributed by atoms with E-state index in [2.05, 4.69) is 176 Å². The molecule has 0 fully saturated rings. The van der Waals surface area contributed by atoms with Crippen molar-refractivity contribution in [2.45, 2.75) is 104 Å². The quantitative estimate of drug-likeness (QED) is 0.176. The summed E-state index contributed by atoms with van der Waals surface area (Å²) in [4.78, 5) is 2.34. The van der Waals surface area contributed by atoms with E-state index in [1.165, 1.54) is 42.4 Å². The first-order valence-corrected chi connectivity index (χ1v) is 21.3.